The third-order valence-electron chi connectivity index (χ3n) is 3.49. The van der Waals surface area contributed by atoms with E-state index < -0.39 is 0 Å². The van der Waals surface area contributed by atoms with E-state index in [1.54, 1.807) is 50.8 Å². The predicted octanol–water partition coefficient (Wildman–Crippen LogP) is 4.29. The van der Waals surface area contributed by atoms with Gasteiger partial charge in [0.05, 0.1) is 25.5 Å². The normalized spacial score (nSPS) is 11.3. The van der Waals surface area contributed by atoms with Gasteiger partial charge >= 0.3 is 0 Å². The van der Waals surface area contributed by atoms with Crippen molar-refractivity contribution in [2.24, 2.45) is 4.99 Å². The van der Waals surface area contributed by atoms with Crippen LogP contribution in [0.2, 0.25) is 5.02 Å². The zero-order chi connectivity index (χ0) is 16.4. The minimum Gasteiger partial charge on any atom is -0.494 e. The Hall–Kier alpha value is -2.66. The molecule has 0 bridgehead atoms. The summed E-state index contributed by atoms with van der Waals surface area (Å²) in [5.41, 5.74) is 2.05. The van der Waals surface area contributed by atoms with Crippen LogP contribution in [-0.2, 0) is 0 Å². The van der Waals surface area contributed by atoms with Crippen molar-refractivity contribution in [1.29, 1.82) is 0 Å². The minimum absolute atomic E-state index is 0.0477. The highest BCUT2D eigenvalue weighted by molar-refractivity contribution is 6.31. The van der Waals surface area contributed by atoms with Gasteiger partial charge in [-0.2, -0.15) is 0 Å². The highest BCUT2D eigenvalue weighted by Crippen LogP contribution is 2.32. The van der Waals surface area contributed by atoms with E-state index in [0.717, 1.165) is 10.9 Å². The topological polar surface area (TPSA) is 66.8 Å². The highest BCUT2D eigenvalue weighted by atomic mass is 35.5. The number of aromatic hydroxyl groups is 1. The van der Waals surface area contributed by atoms with E-state index in [2.05, 4.69) is 9.98 Å². The lowest BCUT2D eigenvalue weighted by atomic mass is 10.2. The van der Waals surface area contributed by atoms with E-state index >= 15 is 0 Å². The third-order valence-corrected chi connectivity index (χ3v) is 3.72. The molecule has 6 heteroatoms. The van der Waals surface area contributed by atoms with E-state index in [-0.39, 0.29) is 5.88 Å². The molecular formula is C17H15ClN2O3. The monoisotopic (exact) mass is 330 g/mol. The summed E-state index contributed by atoms with van der Waals surface area (Å²) in [5.74, 6) is 1.27. The average molecular weight is 331 g/mol. The molecule has 0 spiro atoms. The fourth-order valence-corrected chi connectivity index (χ4v) is 2.52. The lowest BCUT2D eigenvalue weighted by Gasteiger charge is -2.07. The fraction of sp³-hybridized carbons (Fsp3) is 0.118. The van der Waals surface area contributed by atoms with E-state index in [1.807, 2.05) is 6.07 Å². The summed E-state index contributed by atoms with van der Waals surface area (Å²) in [6, 6.07) is 10.7. The lowest BCUT2D eigenvalue weighted by Crippen LogP contribution is -1.89. The Morgan fingerprint density at radius 1 is 1.09 bits per heavy atom. The van der Waals surface area contributed by atoms with Crippen LogP contribution >= 0.6 is 11.6 Å². The molecule has 0 aliphatic heterocycles. The zero-order valence-corrected chi connectivity index (χ0v) is 13.4. The van der Waals surface area contributed by atoms with Gasteiger partial charge in [-0.1, -0.05) is 11.6 Å². The summed E-state index contributed by atoms with van der Waals surface area (Å²) >= 11 is 6.02. The Morgan fingerprint density at radius 2 is 1.87 bits per heavy atom. The van der Waals surface area contributed by atoms with E-state index in [1.165, 1.54) is 0 Å². The summed E-state index contributed by atoms with van der Waals surface area (Å²) in [6.45, 7) is 0. The second-order valence-electron chi connectivity index (χ2n) is 4.87. The van der Waals surface area contributed by atoms with Gasteiger partial charge in [0.25, 0.3) is 0 Å². The molecular weight excluding hydrogens is 316 g/mol. The Labute approximate surface area is 138 Å². The van der Waals surface area contributed by atoms with Gasteiger partial charge < -0.3 is 19.6 Å². The first-order valence-corrected chi connectivity index (χ1v) is 7.26. The number of halogens is 1. The molecule has 0 unspecified atom stereocenters. The van der Waals surface area contributed by atoms with Crippen LogP contribution in [-0.4, -0.2) is 30.5 Å². The molecule has 0 saturated carbocycles. The molecule has 1 heterocycles. The van der Waals surface area contributed by atoms with Gasteiger partial charge in [-0.15, -0.1) is 0 Å². The van der Waals surface area contributed by atoms with Crippen molar-refractivity contribution < 1.29 is 14.6 Å². The summed E-state index contributed by atoms with van der Waals surface area (Å²) in [6.07, 6.45) is 1.59. The van der Waals surface area contributed by atoms with Crippen LogP contribution in [0.3, 0.4) is 0 Å². The van der Waals surface area contributed by atoms with Gasteiger partial charge in [0, 0.05) is 28.2 Å². The van der Waals surface area contributed by atoms with Crippen LogP contribution in [0, 0.1) is 0 Å². The number of aliphatic imine (C=N–C) groups is 1. The number of aromatic nitrogens is 1. The Bertz CT molecular complexity index is 887. The summed E-state index contributed by atoms with van der Waals surface area (Å²) < 4.78 is 10.4. The number of rotatable bonds is 4. The van der Waals surface area contributed by atoms with Crippen molar-refractivity contribution in [2.45, 2.75) is 0 Å². The molecule has 0 radical (unpaired) electrons. The number of nitrogens with one attached hydrogen (secondary N) is 1. The van der Waals surface area contributed by atoms with Crippen LogP contribution in [0.15, 0.2) is 41.4 Å². The second kappa shape index (κ2) is 6.22. The Balaban J connectivity index is 2.00. The molecule has 23 heavy (non-hydrogen) atoms. The number of hydrogen-bond donors (Lipinski definition) is 2. The van der Waals surface area contributed by atoms with Crippen molar-refractivity contribution >= 4 is 34.4 Å². The molecule has 3 rings (SSSR count). The molecule has 2 aromatic carbocycles. The fourth-order valence-electron chi connectivity index (χ4n) is 2.35. The average Bonchev–Trinajstić information content (AvgIpc) is 2.87. The molecule has 5 nitrogen and oxygen atoms in total. The predicted molar refractivity (Wildman–Crippen MR) is 91.8 cm³/mol. The first kappa shape index (κ1) is 15.2. The lowest BCUT2D eigenvalue weighted by molar-refractivity contribution is 0.355. The van der Waals surface area contributed by atoms with Gasteiger partial charge in [-0.3, -0.25) is 4.99 Å². The molecule has 0 fully saturated rings. The standard InChI is InChI=1S/C17H15ClN2O3/c1-22-15-6-4-11(8-16(15)23-2)19-9-13-12-7-10(18)3-5-14(12)20-17(13)21/h3-9,20-21H,1-2H3. The quantitative estimate of drug-likeness (QED) is 0.701. The van der Waals surface area contributed by atoms with Crippen LogP contribution in [0.4, 0.5) is 5.69 Å². The molecule has 0 saturated heterocycles. The van der Waals surface area contributed by atoms with Gasteiger partial charge in [0.15, 0.2) is 17.4 Å². The van der Waals surface area contributed by atoms with Crippen LogP contribution < -0.4 is 9.47 Å². The van der Waals surface area contributed by atoms with Crippen molar-refractivity contribution in [1.82, 2.24) is 4.98 Å². The highest BCUT2D eigenvalue weighted by Gasteiger charge is 2.09. The van der Waals surface area contributed by atoms with E-state index in [9.17, 15) is 5.11 Å². The number of benzene rings is 2. The maximum Gasteiger partial charge on any atom is 0.198 e. The first-order valence-electron chi connectivity index (χ1n) is 6.88. The third kappa shape index (κ3) is 2.96. The molecule has 0 amide bonds. The summed E-state index contributed by atoms with van der Waals surface area (Å²) in [4.78, 5) is 7.28. The zero-order valence-electron chi connectivity index (χ0n) is 12.6. The number of methoxy groups -OCH3 is 2. The number of nitrogens with zero attached hydrogens (tertiary/aromatic N) is 1. The number of H-pyrrole nitrogens is 1. The second-order valence-corrected chi connectivity index (χ2v) is 5.31. The Kier molecular flexibility index (Phi) is 4.12. The SMILES string of the molecule is COc1ccc(N=Cc2c(O)[nH]c3ccc(Cl)cc23)cc1OC. The molecule has 2 N–H and O–H groups in total. The van der Waals surface area contributed by atoms with Crippen molar-refractivity contribution in [3.63, 3.8) is 0 Å². The van der Waals surface area contributed by atoms with Crippen molar-refractivity contribution in [2.75, 3.05) is 14.2 Å². The molecule has 3 aromatic rings. The van der Waals surface area contributed by atoms with Crippen LogP contribution in [0.25, 0.3) is 10.9 Å². The number of ether oxygens (including phenoxy) is 2. The van der Waals surface area contributed by atoms with Gasteiger partial charge in [0.1, 0.15) is 0 Å². The maximum atomic E-state index is 10.1. The summed E-state index contributed by atoms with van der Waals surface area (Å²) in [7, 11) is 3.15. The number of fused-ring (bicyclic) bond motifs is 1. The van der Waals surface area contributed by atoms with Gasteiger partial charge in [-0.05, 0) is 30.3 Å². The van der Waals surface area contributed by atoms with Crippen LogP contribution in [0.5, 0.6) is 17.4 Å². The maximum absolute atomic E-state index is 10.1. The van der Waals surface area contributed by atoms with Crippen molar-refractivity contribution in [3.05, 3.63) is 47.0 Å². The number of hydrogen-bond acceptors (Lipinski definition) is 4. The number of aromatic amines is 1. The smallest absolute Gasteiger partial charge is 0.198 e. The van der Waals surface area contributed by atoms with E-state index in [0.29, 0.717) is 27.8 Å². The molecule has 1 aromatic heterocycles. The molecule has 118 valence electrons. The molecule has 0 atom stereocenters. The largest absolute Gasteiger partial charge is 0.494 e. The minimum atomic E-state index is 0.0477. The summed E-state index contributed by atoms with van der Waals surface area (Å²) in [5, 5.41) is 11.5. The molecule has 0 aliphatic carbocycles. The van der Waals surface area contributed by atoms with Crippen molar-refractivity contribution in [3.8, 4) is 17.4 Å². The molecule has 0 aliphatic rings. The van der Waals surface area contributed by atoms with Crippen LogP contribution in [0.1, 0.15) is 5.56 Å². The Morgan fingerprint density at radius 3 is 2.61 bits per heavy atom. The van der Waals surface area contributed by atoms with Gasteiger partial charge in [-0.25, -0.2) is 0 Å². The first-order chi connectivity index (χ1) is 11.1. The van der Waals surface area contributed by atoms with E-state index in [4.69, 9.17) is 21.1 Å². The van der Waals surface area contributed by atoms with Gasteiger partial charge in [0.2, 0.25) is 0 Å².